The number of nitrogens with one attached hydrogen (secondary N) is 1. The lowest BCUT2D eigenvalue weighted by Gasteiger charge is -2.33. The molecule has 5 nitrogen and oxygen atoms in total. The summed E-state index contributed by atoms with van der Waals surface area (Å²) in [4.78, 5) is 24.4. The molecule has 2 aliphatic rings. The summed E-state index contributed by atoms with van der Waals surface area (Å²) in [5.41, 5.74) is 4.40. The molecule has 3 aromatic heterocycles. The van der Waals surface area contributed by atoms with Gasteiger partial charge < -0.3 is 5.32 Å². The molecule has 1 N–H and O–H groups in total. The first kappa shape index (κ1) is 23.6. The van der Waals surface area contributed by atoms with Gasteiger partial charge in [-0.15, -0.1) is 11.3 Å². The van der Waals surface area contributed by atoms with E-state index >= 15 is 0 Å². The Morgan fingerprint density at radius 2 is 1.89 bits per heavy atom. The van der Waals surface area contributed by atoms with Gasteiger partial charge in [-0.05, 0) is 73.8 Å². The Morgan fingerprint density at radius 3 is 2.69 bits per heavy atom. The highest BCUT2D eigenvalue weighted by Crippen LogP contribution is 2.41. The van der Waals surface area contributed by atoms with Crippen molar-refractivity contribution in [1.82, 2.24) is 19.9 Å². The van der Waals surface area contributed by atoms with Gasteiger partial charge in [-0.2, -0.15) is 0 Å². The second-order valence-corrected chi connectivity index (χ2v) is 11.6. The number of nitrogens with zero attached hydrogens (tertiary/aromatic N) is 3. The number of benzene rings is 1. The molecule has 1 unspecified atom stereocenters. The molecule has 0 bridgehead atoms. The molecule has 1 fully saturated rings. The van der Waals surface area contributed by atoms with Gasteiger partial charge in [0, 0.05) is 41.8 Å². The molecule has 0 aliphatic heterocycles. The second kappa shape index (κ2) is 10.3. The van der Waals surface area contributed by atoms with Crippen molar-refractivity contribution in [1.29, 1.82) is 0 Å². The lowest BCUT2D eigenvalue weighted by Crippen LogP contribution is -2.43. The molecular weight excluding hydrogens is 464 g/mol. The van der Waals surface area contributed by atoms with Gasteiger partial charge in [-0.3, -0.25) is 14.3 Å². The number of thiophene rings is 1. The van der Waals surface area contributed by atoms with E-state index in [0.29, 0.717) is 12.6 Å². The summed E-state index contributed by atoms with van der Waals surface area (Å²) in [5.74, 6) is 0. The van der Waals surface area contributed by atoms with E-state index in [4.69, 9.17) is 4.98 Å². The van der Waals surface area contributed by atoms with Gasteiger partial charge in [0.25, 0.3) is 5.56 Å². The Balaban J connectivity index is 1.15. The molecule has 0 amide bonds. The first-order valence-electron chi connectivity index (χ1n) is 13.4. The minimum absolute atomic E-state index is 0.132. The lowest BCUT2D eigenvalue weighted by atomic mass is 9.78. The normalized spacial score (nSPS) is 18.9. The fourth-order valence-electron chi connectivity index (χ4n) is 6.29. The van der Waals surface area contributed by atoms with Crippen molar-refractivity contribution in [3.8, 4) is 0 Å². The quantitative estimate of drug-likeness (QED) is 0.351. The highest BCUT2D eigenvalue weighted by molar-refractivity contribution is 7.18. The number of fused-ring (bicyclic) bond motifs is 3. The van der Waals surface area contributed by atoms with Crippen LogP contribution in [0.15, 0.2) is 66.0 Å². The van der Waals surface area contributed by atoms with E-state index in [2.05, 4.69) is 40.6 Å². The molecule has 4 aromatic rings. The average Bonchev–Trinajstić information content (AvgIpc) is 3.55. The summed E-state index contributed by atoms with van der Waals surface area (Å²) in [6.45, 7) is 1.74. The number of hydrogen-bond donors (Lipinski definition) is 1. The number of aromatic nitrogens is 3. The topological polar surface area (TPSA) is 59.8 Å². The predicted molar refractivity (Wildman–Crippen MR) is 147 cm³/mol. The van der Waals surface area contributed by atoms with Crippen LogP contribution in [0.4, 0.5) is 0 Å². The van der Waals surface area contributed by atoms with Crippen LogP contribution in [-0.2, 0) is 31.2 Å². The van der Waals surface area contributed by atoms with Crippen LogP contribution in [0, 0.1) is 0 Å². The summed E-state index contributed by atoms with van der Waals surface area (Å²) < 4.78 is 1.81. The van der Waals surface area contributed by atoms with Crippen LogP contribution in [-0.4, -0.2) is 27.1 Å². The van der Waals surface area contributed by atoms with Crippen molar-refractivity contribution >= 4 is 21.6 Å². The lowest BCUT2D eigenvalue weighted by molar-refractivity contribution is 0.357. The van der Waals surface area contributed by atoms with Crippen molar-refractivity contribution in [3.05, 3.63) is 93.1 Å². The van der Waals surface area contributed by atoms with E-state index in [0.717, 1.165) is 48.9 Å². The van der Waals surface area contributed by atoms with E-state index in [1.165, 1.54) is 47.3 Å². The van der Waals surface area contributed by atoms with Gasteiger partial charge >= 0.3 is 0 Å². The summed E-state index contributed by atoms with van der Waals surface area (Å²) >= 11 is 1.73. The second-order valence-electron chi connectivity index (χ2n) is 10.6. The molecule has 0 spiro atoms. The number of aryl methyl sites for hydroxylation is 3. The van der Waals surface area contributed by atoms with Crippen molar-refractivity contribution in [2.24, 2.45) is 0 Å². The average molecular weight is 499 g/mol. The molecule has 1 aromatic carbocycles. The smallest absolute Gasteiger partial charge is 0.262 e. The van der Waals surface area contributed by atoms with Gasteiger partial charge in [0.2, 0.25) is 0 Å². The maximum atomic E-state index is 13.4. The third kappa shape index (κ3) is 4.64. The number of hydrogen-bond acceptors (Lipinski definition) is 5. The van der Waals surface area contributed by atoms with Crippen LogP contribution in [0.3, 0.4) is 0 Å². The third-order valence-corrected chi connectivity index (χ3v) is 9.49. The zero-order valence-electron chi connectivity index (χ0n) is 20.8. The fraction of sp³-hybridized carbons (Fsp3) is 0.433. The minimum atomic E-state index is 0.132. The monoisotopic (exact) mass is 498 g/mol. The maximum Gasteiger partial charge on any atom is 0.262 e. The molecule has 186 valence electrons. The number of rotatable bonds is 8. The highest BCUT2D eigenvalue weighted by Gasteiger charge is 2.36. The van der Waals surface area contributed by atoms with Crippen LogP contribution in [0.1, 0.15) is 60.1 Å². The van der Waals surface area contributed by atoms with Gasteiger partial charge in [-0.25, -0.2) is 4.98 Å². The summed E-state index contributed by atoms with van der Waals surface area (Å²) in [7, 11) is 0. The Bertz CT molecular complexity index is 1370. The van der Waals surface area contributed by atoms with Gasteiger partial charge in [0.05, 0.1) is 11.7 Å². The molecule has 6 rings (SSSR count). The van der Waals surface area contributed by atoms with Gasteiger partial charge in [-0.1, -0.05) is 43.2 Å². The molecule has 3 heterocycles. The van der Waals surface area contributed by atoms with Gasteiger partial charge in [0.15, 0.2) is 0 Å². The highest BCUT2D eigenvalue weighted by atomic mass is 32.1. The summed E-state index contributed by atoms with van der Waals surface area (Å²) in [6.07, 6.45) is 15.5. The van der Waals surface area contributed by atoms with Crippen LogP contribution in [0.25, 0.3) is 10.2 Å². The maximum absolute atomic E-state index is 13.4. The van der Waals surface area contributed by atoms with Crippen LogP contribution in [0.5, 0.6) is 0 Å². The Labute approximate surface area is 216 Å². The third-order valence-electron chi connectivity index (χ3n) is 8.33. The first-order chi connectivity index (χ1) is 17.7. The fourth-order valence-corrected chi connectivity index (χ4v) is 7.55. The SMILES string of the molecule is O=c1c2c3c(sc2ncn1CCCc1ccncc1)CC(NCC1(c2ccccc2)CCCC1)CC3. The molecule has 6 heteroatoms. The molecular formula is C30H34N4OS. The van der Waals surface area contributed by atoms with E-state index in [1.807, 2.05) is 29.1 Å². The van der Waals surface area contributed by atoms with Crippen LogP contribution in [0.2, 0.25) is 0 Å². The van der Waals surface area contributed by atoms with E-state index in [-0.39, 0.29) is 11.0 Å². The largest absolute Gasteiger partial charge is 0.313 e. The van der Waals surface area contributed by atoms with E-state index < -0.39 is 0 Å². The van der Waals surface area contributed by atoms with Crippen LogP contribution >= 0.6 is 11.3 Å². The Kier molecular flexibility index (Phi) is 6.72. The van der Waals surface area contributed by atoms with Crippen molar-refractivity contribution < 1.29 is 0 Å². The molecule has 36 heavy (non-hydrogen) atoms. The molecule has 0 saturated heterocycles. The minimum Gasteiger partial charge on any atom is -0.313 e. The summed E-state index contributed by atoms with van der Waals surface area (Å²) in [6, 6.07) is 15.6. The van der Waals surface area contributed by atoms with Crippen molar-refractivity contribution in [2.45, 2.75) is 75.8 Å². The molecule has 2 aliphatic carbocycles. The molecule has 1 saturated carbocycles. The molecule has 0 radical (unpaired) electrons. The van der Waals surface area contributed by atoms with E-state index in [1.54, 1.807) is 17.7 Å². The molecule has 1 atom stereocenters. The zero-order valence-corrected chi connectivity index (χ0v) is 21.6. The Morgan fingerprint density at radius 1 is 1.08 bits per heavy atom. The van der Waals surface area contributed by atoms with E-state index in [9.17, 15) is 4.79 Å². The zero-order chi connectivity index (χ0) is 24.4. The standard InChI is InChI=1S/C30H34N4OS/c35-29-27-25-11-10-24(32-20-30(14-4-5-15-30)23-8-2-1-3-9-23)19-26(25)36-28(27)33-21-34(29)18-6-7-22-12-16-31-17-13-22/h1-3,8-9,12-13,16-17,21,24,32H,4-7,10-11,14-15,18-20H2. The number of pyridine rings is 1. The van der Waals surface area contributed by atoms with Gasteiger partial charge in [0.1, 0.15) is 4.83 Å². The first-order valence-corrected chi connectivity index (χ1v) is 14.2. The predicted octanol–water partition coefficient (Wildman–Crippen LogP) is 5.44. The van der Waals surface area contributed by atoms with Crippen molar-refractivity contribution in [3.63, 3.8) is 0 Å². The Hall–Kier alpha value is -2.83. The van der Waals surface area contributed by atoms with Crippen LogP contribution < -0.4 is 10.9 Å². The summed E-state index contributed by atoms with van der Waals surface area (Å²) in [5, 5.41) is 4.83. The van der Waals surface area contributed by atoms with Crippen molar-refractivity contribution in [2.75, 3.05) is 6.54 Å².